The maximum Gasteiger partial charge on any atom is 0.251 e. The van der Waals surface area contributed by atoms with Crippen molar-refractivity contribution in [1.82, 2.24) is 5.32 Å². The summed E-state index contributed by atoms with van der Waals surface area (Å²) in [6.45, 7) is 0. The highest BCUT2D eigenvalue weighted by atomic mass is 35.5. The molecule has 0 aliphatic heterocycles. The van der Waals surface area contributed by atoms with Gasteiger partial charge in [0.1, 0.15) is 0 Å². The quantitative estimate of drug-likeness (QED) is 0.644. The number of carbonyl (C=O) groups excluding carboxylic acids is 1. The van der Waals surface area contributed by atoms with Crippen LogP contribution in [0.4, 0.5) is 0 Å². The molecule has 0 heterocycles. The average molecular weight is 320 g/mol. The van der Waals surface area contributed by atoms with Gasteiger partial charge in [0.05, 0.1) is 0 Å². The Kier molecular flexibility index (Phi) is 6.15. The van der Waals surface area contributed by atoms with Gasteiger partial charge in [-0.1, -0.05) is 30.3 Å². The van der Waals surface area contributed by atoms with Crippen molar-refractivity contribution < 1.29 is 4.79 Å². The van der Waals surface area contributed by atoms with Gasteiger partial charge < -0.3 is 5.32 Å². The van der Waals surface area contributed by atoms with Gasteiger partial charge in [0.2, 0.25) is 0 Å². The summed E-state index contributed by atoms with van der Waals surface area (Å²) in [6.07, 6.45) is 2.75. The molecule has 0 saturated carbocycles. The minimum atomic E-state index is -0.0794. The lowest BCUT2D eigenvalue weighted by molar-refractivity contribution is 0.0940. The topological polar surface area (TPSA) is 29.1 Å². The van der Waals surface area contributed by atoms with E-state index < -0.39 is 0 Å². The molecule has 0 saturated heterocycles. The highest BCUT2D eigenvalue weighted by molar-refractivity contribution is 7.98. The molecule has 1 amide bonds. The van der Waals surface area contributed by atoms with Crippen LogP contribution in [0.5, 0.6) is 0 Å². The van der Waals surface area contributed by atoms with Crippen molar-refractivity contribution in [3.05, 3.63) is 65.7 Å². The smallest absolute Gasteiger partial charge is 0.251 e. The Morgan fingerprint density at radius 2 is 1.81 bits per heavy atom. The first-order valence-corrected chi connectivity index (χ1v) is 8.53. The maximum absolute atomic E-state index is 12.2. The molecule has 4 heteroatoms. The van der Waals surface area contributed by atoms with Crippen molar-refractivity contribution in [2.45, 2.75) is 17.4 Å². The number of carbonyl (C=O) groups is 1. The molecule has 1 N–H and O–H groups in total. The van der Waals surface area contributed by atoms with E-state index in [4.69, 9.17) is 11.6 Å². The van der Waals surface area contributed by atoms with Crippen molar-refractivity contribution in [1.29, 1.82) is 0 Å². The number of rotatable bonds is 6. The molecule has 21 heavy (non-hydrogen) atoms. The Hall–Kier alpha value is -1.45. The van der Waals surface area contributed by atoms with Crippen LogP contribution in [0.2, 0.25) is 0 Å². The number of hydrogen-bond donors (Lipinski definition) is 1. The number of thioether (sulfide) groups is 1. The molecule has 1 atom stereocenters. The summed E-state index contributed by atoms with van der Waals surface area (Å²) in [6, 6.07) is 17.6. The molecule has 0 aliphatic rings. The third-order valence-corrected chi connectivity index (χ3v) is 4.31. The lowest BCUT2D eigenvalue weighted by atomic mass is 10.1. The number of hydrogen-bond acceptors (Lipinski definition) is 2. The van der Waals surface area contributed by atoms with Gasteiger partial charge in [-0.25, -0.2) is 0 Å². The van der Waals surface area contributed by atoms with Crippen LogP contribution in [0, 0.1) is 0 Å². The molecule has 0 bridgehead atoms. The molecule has 0 radical (unpaired) electrons. The minimum Gasteiger partial charge on any atom is -0.348 e. The summed E-state index contributed by atoms with van der Waals surface area (Å²) in [4.78, 5) is 13.4. The van der Waals surface area contributed by atoms with Crippen LogP contribution < -0.4 is 5.32 Å². The van der Waals surface area contributed by atoms with E-state index in [1.54, 1.807) is 11.8 Å². The van der Waals surface area contributed by atoms with Crippen LogP contribution in [0.1, 0.15) is 15.9 Å². The Morgan fingerprint density at radius 1 is 1.14 bits per heavy atom. The highest BCUT2D eigenvalue weighted by Crippen LogP contribution is 2.15. The third-order valence-electron chi connectivity index (χ3n) is 3.20. The van der Waals surface area contributed by atoms with Gasteiger partial charge in [-0.2, -0.15) is 0 Å². The van der Waals surface area contributed by atoms with E-state index in [1.807, 2.05) is 60.9 Å². The Labute approximate surface area is 134 Å². The van der Waals surface area contributed by atoms with Crippen molar-refractivity contribution in [2.75, 3.05) is 12.1 Å². The van der Waals surface area contributed by atoms with Gasteiger partial charge in [-0.15, -0.1) is 23.4 Å². The van der Waals surface area contributed by atoms with E-state index in [9.17, 15) is 4.79 Å². The molecule has 2 nitrogen and oxygen atoms in total. The van der Waals surface area contributed by atoms with E-state index in [1.165, 1.54) is 5.56 Å². The molecule has 2 aromatic rings. The zero-order valence-corrected chi connectivity index (χ0v) is 13.5. The van der Waals surface area contributed by atoms with Gasteiger partial charge in [0, 0.05) is 22.4 Å². The van der Waals surface area contributed by atoms with Gasteiger partial charge in [-0.05, 0) is 42.5 Å². The van der Waals surface area contributed by atoms with Gasteiger partial charge >= 0.3 is 0 Å². The fraction of sp³-hybridized carbons (Fsp3) is 0.235. The van der Waals surface area contributed by atoms with Crippen LogP contribution in [-0.4, -0.2) is 24.1 Å². The molecule has 2 rings (SSSR count). The molecule has 0 aromatic heterocycles. The van der Waals surface area contributed by atoms with Crippen LogP contribution in [0.15, 0.2) is 59.5 Å². The van der Waals surface area contributed by atoms with Crippen molar-refractivity contribution in [2.24, 2.45) is 0 Å². The van der Waals surface area contributed by atoms with Crippen molar-refractivity contribution in [3.63, 3.8) is 0 Å². The summed E-state index contributed by atoms with van der Waals surface area (Å²) < 4.78 is 0. The van der Waals surface area contributed by atoms with Crippen molar-refractivity contribution in [3.8, 4) is 0 Å². The first-order valence-electron chi connectivity index (χ1n) is 6.77. The highest BCUT2D eigenvalue weighted by Gasteiger charge is 2.13. The Bertz CT molecular complexity index is 571. The van der Waals surface area contributed by atoms with Gasteiger partial charge in [-0.3, -0.25) is 4.79 Å². The summed E-state index contributed by atoms with van der Waals surface area (Å²) in [5, 5.41) is 2.99. The second-order valence-electron chi connectivity index (χ2n) is 4.74. The predicted molar refractivity (Wildman–Crippen MR) is 90.3 cm³/mol. The number of nitrogens with one attached hydrogen (secondary N) is 1. The standard InChI is InChI=1S/C17H18ClNOS/c1-21-16-9-7-14(8-10-16)17(20)19-15(12-18)11-13-5-3-2-4-6-13/h2-10,15H,11-12H2,1H3,(H,19,20). The van der Waals surface area contributed by atoms with Gasteiger partial charge in [0.25, 0.3) is 5.91 Å². The molecular formula is C17H18ClNOS. The summed E-state index contributed by atoms with van der Waals surface area (Å²) >= 11 is 7.64. The number of benzene rings is 2. The molecule has 0 fully saturated rings. The predicted octanol–water partition coefficient (Wildman–Crippen LogP) is 3.99. The third kappa shape index (κ3) is 4.80. The second-order valence-corrected chi connectivity index (χ2v) is 5.93. The van der Waals surface area contributed by atoms with Crippen molar-refractivity contribution >= 4 is 29.3 Å². The maximum atomic E-state index is 12.2. The zero-order valence-electron chi connectivity index (χ0n) is 11.9. The number of amides is 1. The SMILES string of the molecule is CSc1ccc(C(=O)NC(CCl)Cc2ccccc2)cc1. The van der Waals surface area contributed by atoms with E-state index in [0.29, 0.717) is 11.4 Å². The van der Waals surface area contributed by atoms with Crippen LogP contribution in [0.3, 0.4) is 0 Å². The molecule has 2 aromatic carbocycles. The zero-order chi connectivity index (χ0) is 15.1. The summed E-state index contributed by atoms with van der Waals surface area (Å²) in [7, 11) is 0. The number of alkyl halides is 1. The number of halogens is 1. The summed E-state index contributed by atoms with van der Waals surface area (Å²) in [5.41, 5.74) is 1.83. The molecule has 0 spiro atoms. The van der Waals surface area contributed by atoms with E-state index >= 15 is 0 Å². The van der Waals surface area contributed by atoms with E-state index in [-0.39, 0.29) is 11.9 Å². The lowest BCUT2D eigenvalue weighted by Crippen LogP contribution is -2.37. The van der Waals surface area contributed by atoms with Crippen LogP contribution >= 0.6 is 23.4 Å². The monoisotopic (exact) mass is 319 g/mol. The fourth-order valence-electron chi connectivity index (χ4n) is 2.05. The van der Waals surface area contributed by atoms with Gasteiger partial charge in [0.15, 0.2) is 0 Å². The fourth-order valence-corrected chi connectivity index (χ4v) is 2.65. The second kappa shape index (κ2) is 8.11. The molecule has 1 unspecified atom stereocenters. The molecule has 110 valence electrons. The van der Waals surface area contributed by atoms with E-state index in [2.05, 4.69) is 5.32 Å². The minimum absolute atomic E-state index is 0.0678. The lowest BCUT2D eigenvalue weighted by Gasteiger charge is -2.16. The van der Waals surface area contributed by atoms with Crippen LogP contribution in [-0.2, 0) is 6.42 Å². The van der Waals surface area contributed by atoms with Crippen LogP contribution in [0.25, 0.3) is 0 Å². The first-order chi connectivity index (χ1) is 10.2. The first kappa shape index (κ1) is 15.9. The largest absolute Gasteiger partial charge is 0.348 e. The Balaban J connectivity index is 1.98. The molecule has 0 aliphatic carbocycles. The normalized spacial score (nSPS) is 11.9. The average Bonchev–Trinajstić information content (AvgIpc) is 2.55. The summed E-state index contributed by atoms with van der Waals surface area (Å²) in [5.74, 6) is 0.313. The Morgan fingerprint density at radius 3 is 2.38 bits per heavy atom. The van der Waals surface area contributed by atoms with E-state index in [0.717, 1.165) is 11.3 Å². The molecular weight excluding hydrogens is 302 g/mol.